The molecule has 4 aromatic rings. The Morgan fingerprint density at radius 2 is 1.73 bits per heavy atom. The van der Waals surface area contributed by atoms with Gasteiger partial charge in [0, 0.05) is 29.1 Å². The number of halogens is 5. The average molecular weight is 606 g/mol. The van der Waals surface area contributed by atoms with Crippen LogP contribution < -0.4 is 11.5 Å². The number of aromatic nitrogens is 2. The average Bonchev–Trinajstić information content (AvgIpc) is 3.54. The lowest BCUT2D eigenvalue weighted by Crippen LogP contribution is -2.07. The Labute approximate surface area is 243 Å². The van der Waals surface area contributed by atoms with Gasteiger partial charge in [-0.1, -0.05) is 41.5 Å². The van der Waals surface area contributed by atoms with Crippen LogP contribution in [0.4, 0.5) is 13.2 Å². The third kappa shape index (κ3) is 6.95. The van der Waals surface area contributed by atoms with E-state index in [1.807, 2.05) is 6.07 Å². The number of nitrogens with zero attached hydrogens (tertiary/aromatic N) is 2. The zero-order valence-electron chi connectivity index (χ0n) is 21.2. The minimum absolute atomic E-state index is 0.0644. The predicted molar refractivity (Wildman–Crippen MR) is 154 cm³/mol. The van der Waals surface area contributed by atoms with E-state index in [9.17, 15) is 18.0 Å². The minimum Gasteiger partial charge on any atom is -0.330 e. The van der Waals surface area contributed by atoms with Gasteiger partial charge in [-0.05, 0) is 74.0 Å². The summed E-state index contributed by atoms with van der Waals surface area (Å²) in [5.74, 6) is 5.78. The van der Waals surface area contributed by atoms with Crippen molar-refractivity contribution in [1.29, 1.82) is 0 Å². The maximum atomic E-state index is 13.2. The van der Waals surface area contributed by atoms with Gasteiger partial charge in [-0.15, -0.1) is 11.3 Å². The maximum absolute atomic E-state index is 13.2. The first-order valence-electron chi connectivity index (χ1n) is 12.4. The highest BCUT2D eigenvalue weighted by Crippen LogP contribution is 2.37. The van der Waals surface area contributed by atoms with Crippen LogP contribution in [0.1, 0.15) is 57.7 Å². The van der Waals surface area contributed by atoms with Crippen LogP contribution in [-0.2, 0) is 12.7 Å². The van der Waals surface area contributed by atoms with Gasteiger partial charge in [0.1, 0.15) is 5.69 Å². The summed E-state index contributed by atoms with van der Waals surface area (Å²) in [5.41, 5.74) is 13.5. The van der Waals surface area contributed by atoms with Gasteiger partial charge in [0.2, 0.25) is 0 Å². The van der Waals surface area contributed by atoms with Crippen molar-refractivity contribution >= 4 is 40.3 Å². The number of benzene rings is 2. The van der Waals surface area contributed by atoms with Gasteiger partial charge in [0.25, 0.3) is 0 Å². The van der Waals surface area contributed by atoms with Gasteiger partial charge in [-0.3, -0.25) is 4.79 Å². The smallest absolute Gasteiger partial charge is 0.330 e. The van der Waals surface area contributed by atoms with Crippen LogP contribution in [0, 0.1) is 11.8 Å². The Kier molecular flexibility index (Phi) is 9.72. The summed E-state index contributed by atoms with van der Waals surface area (Å²) in [5, 5.41) is 5.46. The van der Waals surface area contributed by atoms with Crippen molar-refractivity contribution in [2.75, 3.05) is 6.54 Å². The first kappa shape index (κ1) is 29.8. The highest BCUT2D eigenvalue weighted by molar-refractivity contribution is 7.16. The quantitative estimate of drug-likeness (QED) is 0.118. The van der Waals surface area contributed by atoms with E-state index in [0.29, 0.717) is 56.8 Å². The Morgan fingerprint density at radius 3 is 2.38 bits per heavy atom. The second-order valence-electron chi connectivity index (χ2n) is 8.90. The topological polar surface area (TPSA) is 86.9 Å². The molecule has 2 heterocycles. The molecule has 11 heteroatoms. The second kappa shape index (κ2) is 13.0. The molecule has 0 saturated heterocycles. The number of carbonyl (C=O) groups excluding carboxylic acids is 1. The molecule has 0 radical (unpaired) electrons. The number of alkyl halides is 3. The molecule has 2 aromatic carbocycles. The number of unbranched alkanes of at least 4 members (excludes halogenated alkanes) is 2. The first-order valence-corrected chi connectivity index (χ1v) is 14.0. The molecule has 0 spiro atoms. The zero-order valence-corrected chi connectivity index (χ0v) is 23.5. The fraction of sp³-hybridized carbons (Fsp3) is 0.241. The molecule has 2 aromatic heterocycles. The summed E-state index contributed by atoms with van der Waals surface area (Å²) in [7, 11) is 0. The molecule has 0 saturated carbocycles. The van der Waals surface area contributed by atoms with Gasteiger partial charge in [0.15, 0.2) is 5.78 Å². The molecular formula is C29H25Cl2F3N4OS. The number of hydrogen-bond donors (Lipinski definition) is 2. The van der Waals surface area contributed by atoms with Gasteiger partial charge >= 0.3 is 6.18 Å². The van der Waals surface area contributed by atoms with Crippen LogP contribution >= 0.6 is 34.5 Å². The van der Waals surface area contributed by atoms with Crippen LogP contribution in [0.25, 0.3) is 16.3 Å². The van der Waals surface area contributed by atoms with Crippen LogP contribution in [-0.4, -0.2) is 22.1 Å². The summed E-state index contributed by atoms with van der Waals surface area (Å²) in [6, 6.07) is 13.3. The largest absolute Gasteiger partial charge is 0.416 e. The van der Waals surface area contributed by atoms with Gasteiger partial charge < -0.3 is 11.5 Å². The fourth-order valence-electron chi connectivity index (χ4n) is 4.08. The monoisotopic (exact) mass is 604 g/mol. The lowest BCUT2D eigenvalue weighted by atomic mass is 10.0. The third-order valence-corrected chi connectivity index (χ3v) is 7.62. The van der Waals surface area contributed by atoms with Crippen LogP contribution in [0.15, 0.2) is 54.6 Å². The maximum Gasteiger partial charge on any atom is 0.416 e. The molecule has 0 aliphatic heterocycles. The molecule has 0 bridgehead atoms. The van der Waals surface area contributed by atoms with Crippen molar-refractivity contribution in [3.63, 3.8) is 0 Å². The summed E-state index contributed by atoms with van der Waals surface area (Å²) < 4.78 is 40.2. The van der Waals surface area contributed by atoms with Gasteiger partial charge in [-0.25, -0.2) is 4.68 Å². The van der Waals surface area contributed by atoms with Crippen LogP contribution in [0.5, 0.6) is 0 Å². The van der Waals surface area contributed by atoms with E-state index in [4.69, 9.17) is 34.7 Å². The number of hydrogen-bond acceptors (Lipinski definition) is 5. The van der Waals surface area contributed by atoms with Crippen molar-refractivity contribution in [3.8, 4) is 28.1 Å². The first-order chi connectivity index (χ1) is 19.1. The molecule has 0 unspecified atom stereocenters. The highest BCUT2D eigenvalue weighted by Gasteiger charge is 2.30. The summed E-state index contributed by atoms with van der Waals surface area (Å²) in [6.07, 6.45) is -1.74. The zero-order chi connectivity index (χ0) is 28.9. The molecular weight excluding hydrogens is 580 g/mol. The molecule has 0 atom stereocenters. The van der Waals surface area contributed by atoms with Gasteiger partial charge in [0.05, 0.1) is 31.7 Å². The SMILES string of the molecule is NCCCCCC(=O)c1nn(-c2ccc(Cl)cc2Cl)c(-c2ccc(C#Cc3ccc(C(F)(F)F)cc3)s2)c1CN. The van der Waals surface area contributed by atoms with Crippen molar-refractivity contribution in [2.24, 2.45) is 11.5 Å². The highest BCUT2D eigenvalue weighted by atomic mass is 35.5. The summed E-state index contributed by atoms with van der Waals surface area (Å²) in [4.78, 5) is 14.6. The minimum atomic E-state index is -4.41. The molecule has 5 nitrogen and oxygen atoms in total. The number of carbonyl (C=O) groups is 1. The number of ketones is 1. The summed E-state index contributed by atoms with van der Waals surface area (Å²) in [6.45, 7) is 0.632. The van der Waals surface area contributed by atoms with Crippen LogP contribution in [0.3, 0.4) is 0 Å². The predicted octanol–water partition coefficient (Wildman–Crippen LogP) is 7.49. The molecule has 0 amide bonds. The van der Waals surface area contributed by atoms with E-state index >= 15 is 0 Å². The van der Waals surface area contributed by atoms with E-state index in [0.717, 1.165) is 29.9 Å². The van der Waals surface area contributed by atoms with Crippen molar-refractivity contribution < 1.29 is 18.0 Å². The molecule has 4 rings (SSSR count). The molecule has 0 aliphatic rings. The summed E-state index contributed by atoms with van der Waals surface area (Å²) >= 11 is 14.0. The standard InChI is InChI=1S/C29H25Cl2F3N4OS/c30-20-10-13-24(23(31)16-20)38-28(22(17-36)27(37-38)25(39)4-2-1-3-15-35)26-14-12-21(40-26)11-7-18-5-8-19(9-6-18)29(32,33)34/h5-6,8-10,12-14,16H,1-4,15,17,35-36H2. The molecule has 0 fully saturated rings. The number of Topliss-reactive ketones (excluding diaryl/α,β-unsaturated/α-hetero) is 1. The van der Waals surface area contributed by atoms with Gasteiger partial charge in [-0.2, -0.15) is 18.3 Å². The molecule has 40 heavy (non-hydrogen) atoms. The Morgan fingerprint density at radius 1 is 0.975 bits per heavy atom. The van der Waals surface area contributed by atoms with E-state index < -0.39 is 11.7 Å². The normalized spacial score (nSPS) is 11.4. The number of nitrogens with two attached hydrogens (primary N) is 2. The lowest BCUT2D eigenvalue weighted by molar-refractivity contribution is -0.137. The lowest BCUT2D eigenvalue weighted by Gasteiger charge is -2.09. The van der Waals surface area contributed by atoms with E-state index in [1.54, 1.807) is 28.9 Å². The van der Waals surface area contributed by atoms with E-state index in [2.05, 4.69) is 16.9 Å². The Hall–Kier alpha value is -3.13. The van der Waals surface area contributed by atoms with Crippen molar-refractivity contribution in [3.05, 3.63) is 91.9 Å². The molecule has 208 valence electrons. The number of thiophene rings is 1. The Bertz CT molecular complexity index is 1570. The molecule has 0 aliphatic carbocycles. The fourth-order valence-corrected chi connectivity index (χ4v) is 5.49. The number of rotatable bonds is 9. The van der Waals surface area contributed by atoms with Crippen molar-refractivity contribution in [2.45, 2.75) is 38.4 Å². The van der Waals surface area contributed by atoms with Crippen LogP contribution in [0.2, 0.25) is 10.0 Å². The van der Waals surface area contributed by atoms with E-state index in [-0.39, 0.29) is 18.0 Å². The van der Waals surface area contributed by atoms with Crippen molar-refractivity contribution in [1.82, 2.24) is 9.78 Å². The Balaban J connectivity index is 1.73. The second-order valence-corrected chi connectivity index (χ2v) is 10.8. The molecule has 4 N–H and O–H groups in total. The third-order valence-electron chi connectivity index (χ3n) is 6.08. The van der Waals surface area contributed by atoms with E-state index in [1.165, 1.54) is 23.5 Å².